The summed E-state index contributed by atoms with van der Waals surface area (Å²) in [5.41, 5.74) is 2.20. The molecule has 0 heterocycles. The maximum absolute atomic E-state index is 12.0. The molecule has 4 heteroatoms. The number of esters is 1. The fourth-order valence-corrected chi connectivity index (χ4v) is 2.23. The predicted molar refractivity (Wildman–Crippen MR) is 89.3 cm³/mol. The van der Waals surface area contributed by atoms with Crippen LogP contribution < -0.4 is 14.2 Å². The Balaban J connectivity index is 1.93. The smallest absolute Gasteiger partial charge is 0.311 e. The SMILES string of the molecule is CCc1ccc(OC(=O)CCc2ccc(OC)cc2)c(OC)c1. The summed E-state index contributed by atoms with van der Waals surface area (Å²) < 4.78 is 15.8. The van der Waals surface area contributed by atoms with Gasteiger partial charge in [0.05, 0.1) is 14.2 Å². The van der Waals surface area contributed by atoms with E-state index in [-0.39, 0.29) is 5.97 Å². The fourth-order valence-electron chi connectivity index (χ4n) is 2.23. The van der Waals surface area contributed by atoms with Gasteiger partial charge in [-0.1, -0.05) is 25.1 Å². The molecular formula is C19H22O4. The highest BCUT2D eigenvalue weighted by Gasteiger charge is 2.11. The molecule has 0 aliphatic heterocycles. The zero-order valence-corrected chi connectivity index (χ0v) is 13.8. The monoisotopic (exact) mass is 314 g/mol. The van der Waals surface area contributed by atoms with E-state index in [1.54, 1.807) is 20.3 Å². The van der Waals surface area contributed by atoms with Crippen LogP contribution in [0.3, 0.4) is 0 Å². The van der Waals surface area contributed by atoms with Crippen molar-refractivity contribution in [3.05, 3.63) is 53.6 Å². The molecule has 2 rings (SSSR count). The summed E-state index contributed by atoms with van der Waals surface area (Å²) >= 11 is 0. The van der Waals surface area contributed by atoms with Crippen LogP contribution in [-0.2, 0) is 17.6 Å². The molecule has 0 aliphatic rings. The molecule has 0 aliphatic carbocycles. The van der Waals surface area contributed by atoms with Crippen molar-refractivity contribution in [2.75, 3.05) is 14.2 Å². The van der Waals surface area contributed by atoms with Crippen molar-refractivity contribution in [2.24, 2.45) is 0 Å². The largest absolute Gasteiger partial charge is 0.497 e. The molecule has 0 aromatic heterocycles. The Kier molecular flexibility index (Phi) is 6.03. The van der Waals surface area contributed by atoms with Crippen LogP contribution in [-0.4, -0.2) is 20.2 Å². The topological polar surface area (TPSA) is 44.8 Å². The maximum Gasteiger partial charge on any atom is 0.311 e. The maximum atomic E-state index is 12.0. The molecule has 122 valence electrons. The van der Waals surface area contributed by atoms with Gasteiger partial charge in [0.1, 0.15) is 5.75 Å². The molecule has 4 nitrogen and oxygen atoms in total. The summed E-state index contributed by atoms with van der Waals surface area (Å²) in [5, 5.41) is 0. The summed E-state index contributed by atoms with van der Waals surface area (Å²) in [5.74, 6) is 1.58. The molecule has 23 heavy (non-hydrogen) atoms. The van der Waals surface area contributed by atoms with Crippen LogP contribution in [0.15, 0.2) is 42.5 Å². The lowest BCUT2D eigenvalue weighted by Gasteiger charge is -2.10. The third-order valence-corrected chi connectivity index (χ3v) is 3.64. The van der Waals surface area contributed by atoms with E-state index < -0.39 is 0 Å². The van der Waals surface area contributed by atoms with Gasteiger partial charge in [-0.05, 0) is 48.2 Å². The van der Waals surface area contributed by atoms with Crippen LogP contribution >= 0.6 is 0 Å². The molecule has 0 unspecified atom stereocenters. The number of carbonyl (C=O) groups excluding carboxylic acids is 1. The van der Waals surface area contributed by atoms with Crippen LogP contribution in [0.5, 0.6) is 17.2 Å². The standard InChI is InChI=1S/C19H22O4/c1-4-14-7-11-17(18(13-14)22-3)23-19(20)12-8-15-5-9-16(21-2)10-6-15/h5-7,9-11,13H,4,8,12H2,1-3H3. The van der Waals surface area contributed by atoms with Gasteiger partial charge >= 0.3 is 5.97 Å². The molecule has 0 amide bonds. The van der Waals surface area contributed by atoms with Crippen molar-refractivity contribution in [3.8, 4) is 17.2 Å². The number of rotatable bonds is 7. The Labute approximate surface area is 137 Å². The van der Waals surface area contributed by atoms with E-state index in [2.05, 4.69) is 6.92 Å². The van der Waals surface area contributed by atoms with E-state index in [9.17, 15) is 4.79 Å². The molecule has 0 bridgehead atoms. The number of aryl methyl sites for hydroxylation is 2. The van der Waals surface area contributed by atoms with Gasteiger partial charge in [0.15, 0.2) is 11.5 Å². The molecule has 0 spiro atoms. The highest BCUT2D eigenvalue weighted by Crippen LogP contribution is 2.28. The zero-order chi connectivity index (χ0) is 16.7. The lowest BCUT2D eigenvalue weighted by molar-refractivity contribution is -0.134. The molecule has 2 aromatic rings. The van der Waals surface area contributed by atoms with Gasteiger partial charge in [0, 0.05) is 6.42 Å². The van der Waals surface area contributed by atoms with Crippen LogP contribution in [0.4, 0.5) is 0 Å². The van der Waals surface area contributed by atoms with Crippen LogP contribution in [0.2, 0.25) is 0 Å². The van der Waals surface area contributed by atoms with E-state index in [1.165, 1.54) is 0 Å². The Hall–Kier alpha value is -2.49. The quantitative estimate of drug-likeness (QED) is 0.576. The molecule has 2 aromatic carbocycles. The van der Waals surface area contributed by atoms with E-state index in [0.717, 1.165) is 23.3 Å². The van der Waals surface area contributed by atoms with Gasteiger partial charge in [-0.15, -0.1) is 0 Å². The minimum Gasteiger partial charge on any atom is -0.497 e. The first-order valence-corrected chi connectivity index (χ1v) is 7.66. The molecule has 0 saturated carbocycles. The molecule has 0 saturated heterocycles. The summed E-state index contributed by atoms with van der Waals surface area (Å²) in [6.07, 6.45) is 1.84. The number of carbonyl (C=O) groups is 1. The lowest BCUT2D eigenvalue weighted by Crippen LogP contribution is -2.10. The van der Waals surface area contributed by atoms with Crippen molar-refractivity contribution in [3.63, 3.8) is 0 Å². The van der Waals surface area contributed by atoms with Gasteiger partial charge in [-0.25, -0.2) is 0 Å². The normalized spacial score (nSPS) is 10.2. The summed E-state index contributed by atoms with van der Waals surface area (Å²) in [7, 11) is 3.20. The number of methoxy groups -OCH3 is 2. The van der Waals surface area contributed by atoms with Gasteiger partial charge in [0.25, 0.3) is 0 Å². The first kappa shape index (κ1) is 16.9. The van der Waals surface area contributed by atoms with E-state index in [4.69, 9.17) is 14.2 Å². The van der Waals surface area contributed by atoms with E-state index >= 15 is 0 Å². The third-order valence-electron chi connectivity index (χ3n) is 3.64. The minimum absolute atomic E-state index is 0.275. The van der Waals surface area contributed by atoms with E-state index in [1.807, 2.05) is 36.4 Å². The second kappa shape index (κ2) is 8.22. The van der Waals surface area contributed by atoms with Gasteiger partial charge in [-0.2, -0.15) is 0 Å². The second-order valence-corrected chi connectivity index (χ2v) is 5.16. The van der Waals surface area contributed by atoms with Gasteiger partial charge in [0.2, 0.25) is 0 Å². The zero-order valence-electron chi connectivity index (χ0n) is 13.8. The highest BCUT2D eigenvalue weighted by atomic mass is 16.6. The van der Waals surface area contributed by atoms with Crippen molar-refractivity contribution in [2.45, 2.75) is 26.2 Å². The Morgan fingerprint density at radius 1 is 0.913 bits per heavy atom. The van der Waals surface area contributed by atoms with Crippen molar-refractivity contribution < 1.29 is 19.0 Å². The number of hydrogen-bond acceptors (Lipinski definition) is 4. The highest BCUT2D eigenvalue weighted by molar-refractivity contribution is 5.73. The van der Waals surface area contributed by atoms with Crippen LogP contribution in [0.1, 0.15) is 24.5 Å². The lowest BCUT2D eigenvalue weighted by atomic mass is 10.1. The Morgan fingerprint density at radius 3 is 2.22 bits per heavy atom. The van der Waals surface area contributed by atoms with E-state index in [0.29, 0.717) is 24.3 Å². The summed E-state index contributed by atoms with van der Waals surface area (Å²) in [6.45, 7) is 2.06. The van der Waals surface area contributed by atoms with Crippen LogP contribution in [0, 0.1) is 0 Å². The van der Waals surface area contributed by atoms with Crippen molar-refractivity contribution in [1.82, 2.24) is 0 Å². The summed E-state index contributed by atoms with van der Waals surface area (Å²) in [6, 6.07) is 13.3. The van der Waals surface area contributed by atoms with Crippen molar-refractivity contribution in [1.29, 1.82) is 0 Å². The molecule has 0 atom stereocenters. The summed E-state index contributed by atoms with van der Waals surface area (Å²) in [4.78, 5) is 12.0. The average Bonchev–Trinajstić information content (AvgIpc) is 2.60. The first-order chi connectivity index (χ1) is 11.2. The molecular weight excluding hydrogens is 292 g/mol. The molecule has 0 radical (unpaired) electrons. The molecule has 0 fully saturated rings. The second-order valence-electron chi connectivity index (χ2n) is 5.16. The predicted octanol–water partition coefficient (Wildman–Crippen LogP) is 3.80. The Bertz CT molecular complexity index is 647. The van der Waals surface area contributed by atoms with Crippen LogP contribution in [0.25, 0.3) is 0 Å². The molecule has 0 N–H and O–H groups in total. The number of ether oxygens (including phenoxy) is 3. The number of benzene rings is 2. The Morgan fingerprint density at radius 2 is 1.61 bits per heavy atom. The fraction of sp³-hybridized carbons (Fsp3) is 0.316. The minimum atomic E-state index is -0.275. The van der Waals surface area contributed by atoms with Crippen molar-refractivity contribution >= 4 is 5.97 Å². The average molecular weight is 314 g/mol. The first-order valence-electron chi connectivity index (χ1n) is 7.66. The van der Waals surface area contributed by atoms with Gasteiger partial charge in [-0.3, -0.25) is 4.79 Å². The number of hydrogen-bond donors (Lipinski definition) is 0. The van der Waals surface area contributed by atoms with Gasteiger partial charge < -0.3 is 14.2 Å². The third kappa shape index (κ3) is 4.74.